The van der Waals surface area contributed by atoms with Gasteiger partial charge in [-0.15, -0.1) is 0 Å². The Morgan fingerprint density at radius 2 is 1.10 bits per heavy atom. The number of hydrogen-bond donors (Lipinski definition) is 0. The quantitative estimate of drug-likeness (QED) is 0.0698. The van der Waals surface area contributed by atoms with Crippen LogP contribution in [0.15, 0.2) is 109 Å². The van der Waals surface area contributed by atoms with Gasteiger partial charge in [0.2, 0.25) is 17.4 Å². The first-order chi connectivity index (χ1) is 24.0. The Morgan fingerprint density at radius 3 is 1.58 bits per heavy atom. The fraction of sp³-hybridized carbons (Fsp3) is 0.100. The maximum atomic E-state index is 15.1. The van der Waals surface area contributed by atoms with Crippen LogP contribution in [0.3, 0.4) is 0 Å². The lowest BCUT2D eigenvalue weighted by molar-refractivity contribution is 0.365. The van der Waals surface area contributed by atoms with Crippen molar-refractivity contribution in [1.29, 1.82) is 0 Å². The average molecular weight is 691 g/mol. The zero-order chi connectivity index (χ0) is 35.9. The summed E-state index contributed by atoms with van der Waals surface area (Å²) in [5.74, 6) is -18.4. The van der Waals surface area contributed by atoms with E-state index < -0.39 is 74.4 Å². The molecular weight excluding hydrogens is 664 g/mol. The van der Waals surface area contributed by atoms with Gasteiger partial charge in [-0.05, 0) is 65.4 Å². The third-order valence-corrected chi connectivity index (χ3v) is 8.75. The van der Waals surface area contributed by atoms with Crippen molar-refractivity contribution in [2.75, 3.05) is 7.11 Å². The second-order valence-corrected chi connectivity index (χ2v) is 11.4. The third-order valence-electron chi connectivity index (χ3n) is 8.75. The van der Waals surface area contributed by atoms with Crippen molar-refractivity contribution in [3.8, 4) is 33.8 Å². The molecule has 0 spiro atoms. The fourth-order valence-corrected chi connectivity index (χ4v) is 6.50. The fourth-order valence-electron chi connectivity index (χ4n) is 6.50. The highest BCUT2D eigenvalue weighted by Crippen LogP contribution is 2.56. The van der Waals surface area contributed by atoms with Gasteiger partial charge < -0.3 is 9.47 Å². The summed E-state index contributed by atoms with van der Waals surface area (Å²) in [5, 5.41) is 0. The van der Waals surface area contributed by atoms with E-state index in [2.05, 4.69) is 0 Å². The summed E-state index contributed by atoms with van der Waals surface area (Å²) in [4.78, 5) is 0. The Hall–Kier alpha value is -5.64. The van der Waals surface area contributed by atoms with E-state index in [1.807, 2.05) is 78.9 Å². The highest BCUT2D eigenvalue weighted by molar-refractivity contribution is 5.86. The van der Waals surface area contributed by atoms with Gasteiger partial charge in [-0.3, -0.25) is 0 Å². The van der Waals surface area contributed by atoms with E-state index in [0.717, 1.165) is 34.1 Å². The van der Waals surface area contributed by atoms with E-state index in [0.29, 0.717) is 18.2 Å². The number of methoxy groups -OCH3 is 1. The molecule has 0 unspecified atom stereocenters. The van der Waals surface area contributed by atoms with Crippen molar-refractivity contribution in [1.82, 2.24) is 0 Å². The first-order valence-electron chi connectivity index (χ1n) is 15.2. The third kappa shape index (κ3) is 5.17. The standard InChI is InChI=1S/C40H26F8O2/c1-4-10-22(40(23-16-18-24(49-3)19-17-23)27-14-7-5-12-25(27)26-13-6-8-15-28(26)40)11-9-20-50-39-37(47)35(45)30(36(46)38(39)48)29-33(43)31(41)21(2)32(42)34(29)44/h4-20H,1-3H3/b10-4-,20-9+,22-11+. The van der Waals surface area contributed by atoms with Gasteiger partial charge in [0.15, 0.2) is 34.9 Å². The first-order valence-corrected chi connectivity index (χ1v) is 15.2. The number of halogens is 8. The largest absolute Gasteiger partial charge is 0.497 e. The number of rotatable bonds is 8. The van der Waals surface area contributed by atoms with Gasteiger partial charge in [-0.1, -0.05) is 78.9 Å². The van der Waals surface area contributed by atoms with Gasteiger partial charge in [0.25, 0.3) is 0 Å². The minimum atomic E-state index is -2.32. The smallest absolute Gasteiger partial charge is 0.205 e. The topological polar surface area (TPSA) is 18.5 Å². The van der Waals surface area contributed by atoms with E-state index in [4.69, 9.17) is 9.47 Å². The molecule has 0 saturated heterocycles. The van der Waals surface area contributed by atoms with Gasteiger partial charge in [0.1, 0.15) is 5.75 Å². The second-order valence-electron chi connectivity index (χ2n) is 11.4. The molecule has 0 amide bonds. The van der Waals surface area contributed by atoms with Crippen molar-refractivity contribution < 1.29 is 44.6 Å². The molecule has 254 valence electrons. The number of hydrogen-bond acceptors (Lipinski definition) is 2. The number of allylic oxidation sites excluding steroid dienone is 5. The van der Waals surface area contributed by atoms with Crippen molar-refractivity contribution in [3.05, 3.63) is 178 Å². The van der Waals surface area contributed by atoms with Crippen LogP contribution in [0, 0.1) is 53.5 Å². The molecule has 6 rings (SSSR count). The van der Waals surface area contributed by atoms with Crippen molar-refractivity contribution in [3.63, 3.8) is 0 Å². The summed E-state index contributed by atoms with van der Waals surface area (Å²) in [6, 6.07) is 23.1. The molecule has 0 radical (unpaired) electrons. The molecule has 10 heteroatoms. The normalized spacial score (nSPS) is 13.6. The van der Waals surface area contributed by atoms with Crippen LogP contribution >= 0.6 is 0 Å². The van der Waals surface area contributed by atoms with Crippen LogP contribution < -0.4 is 9.47 Å². The molecule has 5 aromatic carbocycles. The predicted molar refractivity (Wildman–Crippen MR) is 174 cm³/mol. The molecule has 0 saturated carbocycles. The predicted octanol–water partition coefficient (Wildman–Crippen LogP) is 11.2. The minimum Gasteiger partial charge on any atom is -0.497 e. The van der Waals surface area contributed by atoms with E-state index in [1.54, 1.807) is 26.2 Å². The van der Waals surface area contributed by atoms with Crippen molar-refractivity contribution >= 4 is 0 Å². The van der Waals surface area contributed by atoms with Gasteiger partial charge in [-0.25, -0.2) is 26.3 Å². The molecule has 0 fully saturated rings. The lowest BCUT2D eigenvalue weighted by Gasteiger charge is -2.34. The molecular formula is C40H26F8O2. The Bertz CT molecular complexity index is 2130. The van der Waals surface area contributed by atoms with Crippen LogP contribution in [0.5, 0.6) is 11.5 Å². The Labute approximate surface area is 282 Å². The molecule has 1 aliphatic rings. The molecule has 0 heterocycles. The molecule has 0 N–H and O–H groups in total. The number of ether oxygens (including phenoxy) is 2. The number of fused-ring (bicyclic) bond motifs is 3. The number of benzene rings is 5. The molecule has 50 heavy (non-hydrogen) atoms. The monoisotopic (exact) mass is 690 g/mol. The minimum absolute atomic E-state index is 0.631. The van der Waals surface area contributed by atoms with Crippen LogP contribution in [0.4, 0.5) is 35.1 Å². The summed E-state index contributed by atoms with van der Waals surface area (Å²) in [7, 11) is 1.55. The maximum absolute atomic E-state index is 15.1. The van der Waals surface area contributed by atoms with Crippen LogP contribution in [-0.2, 0) is 5.41 Å². The van der Waals surface area contributed by atoms with Crippen LogP contribution in [0.1, 0.15) is 29.2 Å². The maximum Gasteiger partial charge on any atom is 0.205 e. The van der Waals surface area contributed by atoms with Crippen LogP contribution in [-0.4, -0.2) is 7.11 Å². The Balaban J connectivity index is 1.47. The molecule has 2 nitrogen and oxygen atoms in total. The molecule has 0 atom stereocenters. The van der Waals surface area contributed by atoms with Gasteiger partial charge in [0, 0.05) is 5.56 Å². The zero-order valence-electron chi connectivity index (χ0n) is 26.7. The first kappa shape index (κ1) is 34.2. The lowest BCUT2D eigenvalue weighted by atomic mass is 9.67. The zero-order valence-corrected chi connectivity index (χ0v) is 26.7. The molecule has 0 aromatic heterocycles. The van der Waals surface area contributed by atoms with Crippen molar-refractivity contribution in [2.24, 2.45) is 0 Å². The van der Waals surface area contributed by atoms with Crippen LogP contribution in [0.25, 0.3) is 22.3 Å². The summed E-state index contributed by atoms with van der Waals surface area (Å²) in [5.41, 5.74) is -0.606. The molecule has 1 aliphatic carbocycles. The second kappa shape index (κ2) is 13.3. The summed E-state index contributed by atoms with van der Waals surface area (Å²) < 4.78 is 128. The summed E-state index contributed by atoms with van der Waals surface area (Å²) >= 11 is 0. The van der Waals surface area contributed by atoms with E-state index in [1.165, 1.54) is 6.08 Å². The molecule has 0 aliphatic heterocycles. The van der Waals surface area contributed by atoms with Gasteiger partial charge >= 0.3 is 0 Å². The highest BCUT2D eigenvalue weighted by atomic mass is 19.2. The van der Waals surface area contributed by atoms with E-state index in [-0.39, 0.29) is 0 Å². The summed E-state index contributed by atoms with van der Waals surface area (Å²) in [6.45, 7) is 2.48. The van der Waals surface area contributed by atoms with E-state index in [9.17, 15) is 17.6 Å². The van der Waals surface area contributed by atoms with Gasteiger partial charge in [-0.2, -0.15) is 8.78 Å². The molecule has 5 aromatic rings. The van der Waals surface area contributed by atoms with Crippen molar-refractivity contribution in [2.45, 2.75) is 19.3 Å². The lowest BCUT2D eigenvalue weighted by Crippen LogP contribution is -2.29. The highest BCUT2D eigenvalue weighted by Gasteiger charge is 2.46. The van der Waals surface area contributed by atoms with Crippen LogP contribution in [0.2, 0.25) is 0 Å². The SMILES string of the molecule is C\C=C/C(=C\C=C\Oc1c(F)c(F)c(-c2c(F)c(F)c(C)c(F)c2F)c(F)c1F)C1(c2ccc(OC)cc2)c2ccccc2-c2ccccc21. The molecule has 0 bridgehead atoms. The Morgan fingerprint density at radius 1 is 0.620 bits per heavy atom. The summed E-state index contributed by atoms with van der Waals surface area (Å²) in [6.07, 6.45) is 7.27. The Kier molecular flexibility index (Phi) is 9.14. The average Bonchev–Trinajstić information content (AvgIpc) is 3.44. The van der Waals surface area contributed by atoms with Gasteiger partial charge in [0.05, 0.1) is 29.9 Å². The van der Waals surface area contributed by atoms with E-state index >= 15 is 17.6 Å².